The maximum Gasteiger partial charge on any atom is 0.410 e. The number of hydrogen-bond donors (Lipinski definition) is 0. The van der Waals surface area contributed by atoms with E-state index in [0.717, 1.165) is 64.7 Å². The van der Waals surface area contributed by atoms with Crippen molar-refractivity contribution < 1.29 is 19.0 Å². The number of aryl methyl sites for hydroxylation is 1. The molecule has 1 aromatic rings. The number of ether oxygens (including phenoxy) is 3. The smallest absolute Gasteiger partial charge is 0.410 e. The topological polar surface area (TPSA) is 48.0 Å². The minimum atomic E-state index is -0.464. The van der Waals surface area contributed by atoms with Gasteiger partial charge in [-0.3, -0.25) is 0 Å². The molecule has 28 heavy (non-hydrogen) atoms. The Hall–Kier alpha value is -1.59. The summed E-state index contributed by atoms with van der Waals surface area (Å²) in [5.41, 5.74) is 2.41. The van der Waals surface area contributed by atoms with Crippen molar-refractivity contribution in [2.24, 2.45) is 5.41 Å². The Morgan fingerprint density at radius 2 is 1.71 bits per heavy atom. The van der Waals surface area contributed by atoms with Gasteiger partial charge in [-0.05, 0) is 36.8 Å². The molecule has 2 aliphatic heterocycles. The lowest BCUT2D eigenvalue weighted by Gasteiger charge is -2.51. The van der Waals surface area contributed by atoms with Gasteiger partial charge in [0.25, 0.3) is 0 Å². The van der Waals surface area contributed by atoms with Gasteiger partial charge in [-0.1, -0.05) is 38.1 Å². The molecule has 1 aromatic carbocycles. The van der Waals surface area contributed by atoms with E-state index in [4.69, 9.17) is 14.2 Å². The first-order chi connectivity index (χ1) is 13.4. The lowest BCUT2D eigenvalue weighted by Crippen LogP contribution is -2.56. The average molecular weight is 386 g/mol. The third-order valence-corrected chi connectivity index (χ3v) is 7.20. The van der Waals surface area contributed by atoms with Crippen LogP contribution < -0.4 is 0 Å². The molecule has 5 heteroatoms. The van der Waals surface area contributed by atoms with Gasteiger partial charge in [0.2, 0.25) is 0 Å². The summed E-state index contributed by atoms with van der Waals surface area (Å²) in [6, 6.07) is 8.66. The largest absolute Gasteiger partial charge is 0.443 e. The van der Waals surface area contributed by atoms with Crippen LogP contribution in [-0.2, 0) is 20.6 Å². The highest BCUT2D eigenvalue weighted by Crippen LogP contribution is 2.47. The Labute approximate surface area is 167 Å². The number of nitrogens with zero attached hydrogens (tertiary/aromatic N) is 1. The van der Waals surface area contributed by atoms with Crippen molar-refractivity contribution in [2.75, 3.05) is 19.8 Å². The second-order valence-electron chi connectivity index (χ2n) is 9.90. The van der Waals surface area contributed by atoms with Crippen LogP contribution in [-0.4, -0.2) is 42.1 Å². The van der Waals surface area contributed by atoms with E-state index in [2.05, 4.69) is 38.1 Å². The number of hydrogen-bond acceptors (Lipinski definition) is 4. The molecule has 152 valence electrons. The average Bonchev–Trinajstić information content (AvgIpc) is 3.11. The lowest BCUT2D eigenvalue weighted by atomic mass is 9.77. The van der Waals surface area contributed by atoms with Crippen molar-refractivity contribution in [3.63, 3.8) is 0 Å². The first-order valence-electron chi connectivity index (χ1n) is 10.7. The standard InChI is InChI=1S/C23H31NO4/c1-21(2)15-26-23(27-16-21)11-9-22(10-12-23)13-14-24(20(25)28-22)19-8-7-17-5-3-4-6-18(17)19/h3-6,19H,7-16H2,1-2H3. The molecular weight excluding hydrogens is 354 g/mol. The SMILES string of the molecule is CC1(C)COC2(CCC3(CCN(C4CCc5ccccc54)C(=O)O3)CC2)OC1. The van der Waals surface area contributed by atoms with Crippen LogP contribution in [0.3, 0.4) is 0 Å². The van der Waals surface area contributed by atoms with Crippen molar-refractivity contribution >= 4 is 6.09 Å². The van der Waals surface area contributed by atoms with Crippen molar-refractivity contribution in [2.45, 2.75) is 76.2 Å². The Morgan fingerprint density at radius 1 is 1.00 bits per heavy atom. The van der Waals surface area contributed by atoms with Crippen LogP contribution in [0.15, 0.2) is 24.3 Å². The van der Waals surface area contributed by atoms with Crippen LogP contribution >= 0.6 is 0 Å². The summed E-state index contributed by atoms with van der Waals surface area (Å²) in [4.78, 5) is 14.9. The van der Waals surface area contributed by atoms with Crippen LogP contribution in [0.2, 0.25) is 0 Å². The molecule has 1 amide bonds. The summed E-state index contributed by atoms with van der Waals surface area (Å²) >= 11 is 0. The van der Waals surface area contributed by atoms with E-state index in [9.17, 15) is 4.79 Å². The number of benzene rings is 1. The second kappa shape index (κ2) is 6.46. The van der Waals surface area contributed by atoms with Crippen molar-refractivity contribution in [3.8, 4) is 0 Å². The van der Waals surface area contributed by atoms with Gasteiger partial charge in [0.05, 0.1) is 19.3 Å². The van der Waals surface area contributed by atoms with E-state index in [1.54, 1.807) is 0 Å². The number of fused-ring (bicyclic) bond motifs is 1. The molecule has 1 saturated carbocycles. The number of carbonyl (C=O) groups excluding carboxylic acids is 1. The molecule has 1 unspecified atom stereocenters. The van der Waals surface area contributed by atoms with E-state index in [1.807, 2.05) is 4.90 Å². The summed E-state index contributed by atoms with van der Waals surface area (Å²) in [5, 5.41) is 0. The van der Waals surface area contributed by atoms with Gasteiger partial charge in [0, 0.05) is 31.2 Å². The van der Waals surface area contributed by atoms with Gasteiger partial charge in [-0.2, -0.15) is 0 Å². The summed E-state index contributed by atoms with van der Waals surface area (Å²) in [5.74, 6) is -0.464. The minimum absolute atomic E-state index is 0.0791. The van der Waals surface area contributed by atoms with Gasteiger partial charge in [-0.25, -0.2) is 4.79 Å². The van der Waals surface area contributed by atoms with E-state index in [1.165, 1.54) is 11.1 Å². The molecule has 2 saturated heterocycles. The highest BCUT2D eigenvalue weighted by Gasteiger charge is 2.52. The second-order valence-corrected chi connectivity index (χ2v) is 9.90. The summed E-state index contributed by atoms with van der Waals surface area (Å²) in [6.45, 7) is 6.58. The first-order valence-corrected chi connectivity index (χ1v) is 10.7. The predicted octanol–water partition coefficient (Wildman–Crippen LogP) is 4.60. The summed E-state index contributed by atoms with van der Waals surface area (Å²) < 4.78 is 18.4. The van der Waals surface area contributed by atoms with Gasteiger partial charge < -0.3 is 19.1 Å². The molecule has 0 N–H and O–H groups in total. The molecular formula is C23H31NO4. The zero-order valence-electron chi connectivity index (χ0n) is 17.0. The molecule has 5 nitrogen and oxygen atoms in total. The fraction of sp³-hybridized carbons (Fsp3) is 0.696. The number of amides is 1. The Balaban J connectivity index is 1.23. The number of carbonyl (C=O) groups is 1. The van der Waals surface area contributed by atoms with Crippen molar-refractivity contribution in [1.29, 1.82) is 0 Å². The summed E-state index contributed by atoms with van der Waals surface area (Å²) in [7, 11) is 0. The molecule has 0 aromatic heterocycles. The molecule has 2 spiro atoms. The Morgan fingerprint density at radius 3 is 2.43 bits per heavy atom. The Bertz CT molecular complexity index is 754. The molecule has 5 rings (SSSR count). The highest BCUT2D eigenvalue weighted by molar-refractivity contribution is 5.70. The first kappa shape index (κ1) is 18.4. The molecule has 3 fully saturated rings. The quantitative estimate of drug-likeness (QED) is 0.709. The lowest BCUT2D eigenvalue weighted by molar-refractivity contribution is -0.320. The van der Waals surface area contributed by atoms with Crippen molar-refractivity contribution in [1.82, 2.24) is 4.90 Å². The molecule has 0 bridgehead atoms. The number of rotatable bonds is 1. The Kier molecular flexibility index (Phi) is 4.25. The molecule has 0 radical (unpaired) electrons. The maximum absolute atomic E-state index is 13.0. The third-order valence-electron chi connectivity index (χ3n) is 7.20. The van der Waals surface area contributed by atoms with Gasteiger partial charge in [0.15, 0.2) is 5.79 Å². The normalized spacial score (nSPS) is 30.3. The van der Waals surface area contributed by atoms with Crippen LogP contribution in [0.25, 0.3) is 0 Å². The van der Waals surface area contributed by atoms with Crippen LogP contribution in [0, 0.1) is 5.41 Å². The van der Waals surface area contributed by atoms with E-state index < -0.39 is 5.79 Å². The fourth-order valence-electron chi connectivity index (χ4n) is 5.32. The molecule has 2 aliphatic carbocycles. The van der Waals surface area contributed by atoms with E-state index >= 15 is 0 Å². The molecule has 1 atom stereocenters. The van der Waals surface area contributed by atoms with Gasteiger partial charge in [0.1, 0.15) is 5.60 Å². The fourth-order valence-corrected chi connectivity index (χ4v) is 5.32. The van der Waals surface area contributed by atoms with E-state index in [0.29, 0.717) is 0 Å². The third kappa shape index (κ3) is 3.13. The van der Waals surface area contributed by atoms with Gasteiger partial charge >= 0.3 is 6.09 Å². The zero-order valence-corrected chi connectivity index (χ0v) is 17.0. The molecule has 2 heterocycles. The monoisotopic (exact) mass is 385 g/mol. The van der Waals surface area contributed by atoms with Gasteiger partial charge in [-0.15, -0.1) is 0 Å². The zero-order chi connectivity index (χ0) is 19.4. The minimum Gasteiger partial charge on any atom is -0.443 e. The van der Waals surface area contributed by atoms with E-state index in [-0.39, 0.29) is 23.2 Å². The highest BCUT2D eigenvalue weighted by atomic mass is 16.7. The van der Waals surface area contributed by atoms with Crippen LogP contribution in [0.5, 0.6) is 0 Å². The molecule has 4 aliphatic rings. The maximum atomic E-state index is 13.0. The summed E-state index contributed by atoms with van der Waals surface area (Å²) in [6.07, 6.45) is 6.08. The van der Waals surface area contributed by atoms with Crippen molar-refractivity contribution in [3.05, 3.63) is 35.4 Å². The van der Waals surface area contributed by atoms with Crippen LogP contribution in [0.4, 0.5) is 4.79 Å². The predicted molar refractivity (Wildman–Crippen MR) is 105 cm³/mol. The van der Waals surface area contributed by atoms with Crippen LogP contribution in [0.1, 0.15) is 69.5 Å².